The van der Waals surface area contributed by atoms with Gasteiger partial charge in [0.2, 0.25) is 0 Å². The molecule has 132 valence electrons. The number of piperidine rings is 1. The van der Waals surface area contributed by atoms with Gasteiger partial charge in [-0.15, -0.1) is 0 Å². The van der Waals surface area contributed by atoms with E-state index in [4.69, 9.17) is 5.73 Å². The molecule has 3 heterocycles. The van der Waals surface area contributed by atoms with Crippen LogP contribution in [0.1, 0.15) is 38.3 Å². The molecule has 3 N–H and O–H groups in total. The van der Waals surface area contributed by atoms with Crippen LogP contribution in [0, 0.1) is 0 Å². The molecule has 1 aliphatic heterocycles. The molecule has 0 atom stereocenters. The number of aromatic nitrogens is 3. The van der Waals surface area contributed by atoms with Gasteiger partial charge in [0.1, 0.15) is 5.82 Å². The number of nitrogens with two attached hydrogens (primary N) is 1. The zero-order valence-corrected chi connectivity index (χ0v) is 14.9. The molecule has 0 saturated carbocycles. The van der Waals surface area contributed by atoms with Gasteiger partial charge in [-0.3, -0.25) is 5.10 Å². The third-order valence-corrected chi connectivity index (χ3v) is 6.89. The van der Waals surface area contributed by atoms with Crippen molar-refractivity contribution in [1.82, 2.24) is 23.8 Å². The van der Waals surface area contributed by atoms with Crippen molar-refractivity contribution in [3.8, 4) is 0 Å². The summed E-state index contributed by atoms with van der Waals surface area (Å²) in [5, 5.41) is 7.65. The zero-order valence-electron chi connectivity index (χ0n) is 14.1. The highest BCUT2D eigenvalue weighted by atomic mass is 32.2. The van der Waals surface area contributed by atoms with Gasteiger partial charge in [-0.1, -0.05) is 13.8 Å². The van der Waals surface area contributed by atoms with Crippen LogP contribution in [0.5, 0.6) is 0 Å². The van der Waals surface area contributed by atoms with E-state index < -0.39 is 10.2 Å². The Bertz CT molecular complexity index is 806. The molecule has 0 aliphatic carbocycles. The van der Waals surface area contributed by atoms with Gasteiger partial charge in [-0.2, -0.15) is 22.1 Å². The van der Waals surface area contributed by atoms with Crippen molar-refractivity contribution >= 4 is 27.1 Å². The van der Waals surface area contributed by atoms with Gasteiger partial charge in [0.15, 0.2) is 5.65 Å². The smallest absolute Gasteiger partial charge is 0.281 e. The van der Waals surface area contributed by atoms with Crippen molar-refractivity contribution < 1.29 is 8.42 Å². The molecule has 8 nitrogen and oxygen atoms in total. The summed E-state index contributed by atoms with van der Waals surface area (Å²) in [4.78, 5) is 4.57. The lowest BCUT2D eigenvalue weighted by molar-refractivity contribution is 0.289. The highest BCUT2D eigenvalue weighted by molar-refractivity contribution is 7.86. The van der Waals surface area contributed by atoms with Gasteiger partial charge in [0.05, 0.1) is 5.39 Å². The largest absolute Gasteiger partial charge is 0.384 e. The highest BCUT2D eigenvalue weighted by Gasteiger charge is 2.32. The first kappa shape index (κ1) is 17.1. The average molecular weight is 352 g/mol. The third-order valence-electron chi connectivity index (χ3n) is 4.70. The summed E-state index contributed by atoms with van der Waals surface area (Å²) in [6.07, 6.45) is 1.53. The molecule has 3 rings (SSSR count). The molecule has 0 unspecified atom stereocenters. The molecule has 0 aromatic carbocycles. The van der Waals surface area contributed by atoms with Crippen molar-refractivity contribution in [3.05, 3.63) is 17.8 Å². The van der Waals surface area contributed by atoms with Crippen molar-refractivity contribution in [2.75, 3.05) is 31.9 Å². The Morgan fingerprint density at radius 2 is 1.96 bits per heavy atom. The molecule has 24 heavy (non-hydrogen) atoms. The van der Waals surface area contributed by atoms with Crippen LogP contribution in [0.3, 0.4) is 0 Å². The number of fused-ring (bicyclic) bond motifs is 1. The summed E-state index contributed by atoms with van der Waals surface area (Å²) >= 11 is 0. The fourth-order valence-corrected chi connectivity index (χ4v) is 4.91. The minimum atomic E-state index is -3.35. The third kappa shape index (κ3) is 2.99. The van der Waals surface area contributed by atoms with E-state index in [2.05, 4.69) is 15.2 Å². The molecular weight excluding hydrogens is 328 g/mol. The van der Waals surface area contributed by atoms with E-state index in [9.17, 15) is 8.42 Å². The summed E-state index contributed by atoms with van der Waals surface area (Å²) in [5.41, 5.74) is 7.36. The average Bonchev–Trinajstić information content (AvgIpc) is 2.96. The maximum absolute atomic E-state index is 12.6. The summed E-state index contributed by atoms with van der Waals surface area (Å²) in [6.45, 7) is 5.76. The zero-order chi connectivity index (χ0) is 17.3. The Balaban J connectivity index is 1.72. The molecule has 0 amide bonds. The second kappa shape index (κ2) is 6.66. The molecule has 2 aromatic rings. The van der Waals surface area contributed by atoms with Crippen LogP contribution < -0.4 is 5.73 Å². The monoisotopic (exact) mass is 352 g/mol. The summed E-state index contributed by atoms with van der Waals surface area (Å²) in [7, 11) is -3.35. The molecule has 0 radical (unpaired) electrons. The van der Waals surface area contributed by atoms with E-state index in [1.807, 2.05) is 26.0 Å². The van der Waals surface area contributed by atoms with Crippen LogP contribution >= 0.6 is 0 Å². The van der Waals surface area contributed by atoms with Crippen molar-refractivity contribution in [3.63, 3.8) is 0 Å². The Kier molecular flexibility index (Phi) is 4.75. The number of hydrogen-bond donors (Lipinski definition) is 2. The first-order valence-electron chi connectivity index (χ1n) is 8.33. The van der Waals surface area contributed by atoms with Crippen molar-refractivity contribution in [2.45, 2.75) is 32.6 Å². The minimum absolute atomic E-state index is 0.246. The Morgan fingerprint density at radius 1 is 1.29 bits per heavy atom. The number of aromatic amines is 1. The van der Waals surface area contributed by atoms with E-state index in [1.165, 1.54) is 4.31 Å². The van der Waals surface area contributed by atoms with Crippen LogP contribution in [0.25, 0.3) is 11.0 Å². The summed E-state index contributed by atoms with van der Waals surface area (Å²) < 4.78 is 28.2. The topological polar surface area (TPSA) is 108 Å². The van der Waals surface area contributed by atoms with Crippen LogP contribution in [-0.4, -0.2) is 58.4 Å². The maximum Gasteiger partial charge on any atom is 0.281 e. The van der Waals surface area contributed by atoms with Gasteiger partial charge < -0.3 is 5.73 Å². The predicted octanol–water partition coefficient (Wildman–Crippen LogP) is 1.31. The molecule has 1 saturated heterocycles. The highest BCUT2D eigenvalue weighted by Crippen LogP contribution is 2.30. The van der Waals surface area contributed by atoms with E-state index >= 15 is 0 Å². The van der Waals surface area contributed by atoms with Crippen LogP contribution in [0.4, 0.5) is 5.82 Å². The number of rotatable bonds is 5. The van der Waals surface area contributed by atoms with E-state index in [-0.39, 0.29) is 5.92 Å². The normalized spacial score (nSPS) is 17.8. The molecule has 2 aromatic heterocycles. The Labute approximate surface area is 142 Å². The number of hydrogen-bond acceptors (Lipinski definition) is 5. The summed E-state index contributed by atoms with van der Waals surface area (Å²) in [5.74, 6) is 0.764. The van der Waals surface area contributed by atoms with Gasteiger partial charge in [-0.25, -0.2) is 4.98 Å². The number of pyridine rings is 1. The molecule has 0 spiro atoms. The number of anilines is 1. The number of nitrogens with zero attached hydrogens (tertiary/aromatic N) is 4. The van der Waals surface area contributed by atoms with E-state index in [1.54, 1.807) is 4.31 Å². The van der Waals surface area contributed by atoms with Crippen LogP contribution in [-0.2, 0) is 10.2 Å². The van der Waals surface area contributed by atoms with Crippen molar-refractivity contribution in [1.29, 1.82) is 0 Å². The molecule has 1 fully saturated rings. The predicted molar refractivity (Wildman–Crippen MR) is 93.7 cm³/mol. The lowest BCUT2D eigenvalue weighted by Crippen LogP contribution is -2.46. The lowest BCUT2D eigenvalue weighted by Gasteiger charge is -2.34. The quantitative estimate of drug-likeness (QED) is 0.843. The molecule has 0 bridgehead atoms. The molecular formula is C15H24N6O2S. The first-order chi connectivity index (χ1) is 11.5. The standard InChI is InChI=1S/C15H24N6O2S/c1-3-20(4-2)24(22,23)21-9-7-11(8-10-21)13-6-5-12-14(16)18-19-15(12)17-13/h5-6,11H,3-4,7-10H2,1-2H3,(H3,16,17,18,19). The number of H-pyrrole nitrogens is 1. The minimum Gasteiger partial charge on any atom is -0.384 e. The van der Waals surface area contributed by atoms with E-state index in [0.29, 0.717) is 37.6 Å². The van der Waals surface area contributed by atoms with Crippen LogP contribution in [0.15, 0.2) is 12.1 Å². The fraction of sp³-hybridized carbons (Fsp3) is 0.600. The second-order valence-corrected chi connectivity index (χ2v) is 7.94. The maximum atomic E-state index is 12.6. The second-order valence-electron chi connectivity index (χ2n) is 6.01. The number of nitrogen functional groups attached to an aromatic ring is 1. The fourth-order valence-electron chi connectivity index (χ4n) is 3.25. The Hall–Kier alpha value is -1.71. The SMILES string of the molecule is CCN(CC)S(=O)(=O)N1CCC(c2ccc3c(N)[nH]nc3n2)CC1. The number of nitrogens with one attached hydrogen (secondary N) is 1. The summed E-state index contributed by atoms with van der Waals surface area (Å²) in [6, 6.07) is 3.89. The lowest BCUT2D eigenvalue weighted by atomic mass is 9.94. The molecule has 1 aliphatic rings. The first-order valence-corrected chi connectivity index (χ1v) is 9.72. The van der Waals surface area contributed by atoms with Crippen LogP contribution in [0.2, 0.25) is 0 Å². The van der Waals surface area contributed by atoms with Gasteiger partial charge in [0.25, 0.3) is 10.2 Å². The van der Waals surface area contributed by atoms with Crippen molar-refractivity contribution in [2.24, 2.45) is 0 Å². The van der Waals surface area contributed by atoms with Gasteiger partial charge in [-0.05, 0) is 25.0 Å². The van der Waals surface area contributed by atoms with Gasteiger partial charge in [0, 0.05) is 37.8 Å². The Morgan fingerprint density at radius 3 is 2.58 bits per heavy atom. The molecule has 9 heteroatoms. The van der Waals surface area contributed by atoms with Gasteiger partial charge >= 0.3 is 0 Å². The van der Waals surface area contributed by atoms with E-state index in [0.717, 1.165) is 23.9 Å².